The number of aromatic amines is 1. The summed E-state index contributed by atoms with van der Waals surface area (Å²) in [4.78, 5) is 24.8. The Morgan fingerprint density at radius 3 is 2.75 bits per heavy atom. The summed E-state index contributed by atoms with van der Waals surface area (Å²) >= 11 is 5.65. The molecule has 0 bridgehead atoms. The van der Waals surface area contributed by atoms with E-state index in [1.54, 1.807) is 0 Å². The van der Waals surface area contributed by atoms with Crippen molar-refractivity contribution in [3.63, 3.8) is 0 Å². The molecule has 16 heavy (non-hydrogen) atoms. The van der Waals surface area contributed by atoms with Crippen molar-refractivity contribution in [1.82, 2.24) is 10.3 Å². The average molecular weight is 245 g/mol. The fraction of sp³-hybridized carbons (Fsp3) is 0.400. The van der Waals surface area contributed by atoms with Crippen LogP contribution in [0.15, 0.2) is 12.3 Å². The quantitative estimate of drug-likeness (QED) is 0.737. The van der Waals surface area contributed by atoms with E-state index in [4.69, 9.17) is 16.7 Å². The minimum absolute atomic E-state index is 0.0866. The molecule has 0 spiro atoms. The topological polar surface area (TPSA) is 82.2 Å². The molecule has 1 aromatic heterocycles. The van der Waals surface area contributed by atoms with Crippen LogP contribution in [0.25, 0.3) is 0 Å². The van der Waals surface area contributed by atoms with E-state index in [0.717, 1.165) is 0 Å². The molecule has 1 unspecified atom stereocenters. The number of nitrogens with one attached hydrogen (secondary N) is 2. The summed E-state index contributed by atoms with van der Waals surface area (Å²) in [6, 6.07) is 1.12. The lowest BCUT2D eigenvalue weighted by molar-refractivity contribution is -0.137. The zero-order chi connectivity index (χ0) is 12.1. The van der Waals surface area contributed by atoms with Gasteiger partial charge in [-0.15, -0.1) is 0 Å². The average Bonchev–Trinajstić information content (AvgIpc) is 2.63. The molecule has 0 saturated heterocycles. The SMILES string of the molecule is CCC(CC(=O)O)NC(=O)c1cc(Cl)c[nH]1. The molecular formula is C10H13ClN2O3. The number of carboxylic acids is 1. The second-order valence-corrected chi connectivity index (χ2v) is 3.84. The van der Waals surface area contributed by atoms with Crippen LogP contribution in [0.3, 0.4) is 0 Å². The zero-order valence-corrected chi connectivity index (χ0v) is 9.54. The molecule has 1 rings (SSSR count). The molecule has 1 atom stereocenters. The fourth-order valence-electron chi connectivity index (χ4n) is 1.27. The summed E-state index contributed by atoms with van der Waals surface area (Å²) in [6.45, 7) is 1.82. The molecule has 1 amide bonds. The van der Waals surface area contributed by atoms with E-state index in [0.29, 0.717) is 17.1 Å². The molecule has 0 fully saturated rings. The van der Waals surface area contributed by atoms with E-state index >= 15 is 0 Å². The number of rotatable bonds is 5. The number of halogens is 1. The predicted octanol–water partition coefficient (Wildman–Crippen LogP) is 1.65. The van der Waals surface area contributed by atoms with Crippen LogP contribution in [0, 0.1) is 0 Å². The summed E-state index contributed by atoms with van der Waals surface area (Å²) in [5.74, 6) is -1.28. The van der Waals surface area contributed by atoms with Gasteiger partial charge in [0.1, 0.15) is 5.69 Å². The molecule has 6 heteroatoms. The van der Waals surface area contributed by atoms with Crippen molar-refractivity contribution < 1.29 is 14.7 Å². The van der Waals surface area contributed by atoms with Crippen molar-refractivity contribution in [2.45, 2.75) is 25.8 Å². The molecule has 0 aliphatic carbocycles. The first-order chi connectivity index (χ1) is 7.52. The van der Waals surface area contributed by atoms with Gasteiger partial charge in [-0.2, -0.15) is 0 Å². The van der Waals surface area contributed by atoms with Crippen LogP contribution in [0.2, 0.25) is 5.02 Å². The molecule has 0 radical (unpaired) electrons. The Hall–Kier alpha value is -1.49. The number of carbonyl (C=O) groups excluding carboxylic acids is 1. The van der Waals surface area contributed by atoms with Gasteiger partial charge in [0.05, 0.1) is 11.4 Å². The number of hydrogen-bond acceptors (Lipinski definition) is 2. The standard InChI is InChI=1S/C10H13ClN2O3/c1-2-7(4-9(14)15)13-10(16)8-3-6(11)5-12-8/h3,5,7,12H,2,4H2,1H3,(H,13,16)(H,14,15). The summed E-state index contributed by atoms with van der Waals surface area (Å²) in [5.41, 5.74) is 0.328. The first-order valence-corrected chi connectivity index (χ1v) is 5.27. The lowest BCUT2D eigenvalue weighted by Gasteiger charge is -2.13. The molecule has 0 aromatic carbocycles. The third-order valence-corrected chi connectivity index (χ3v) is 2.36. The van der Waals surface area contributed by atoms with E-state index in [1.807, 2.05) is 6.92 Å². The number of carbonyl (C=O) groups is 2. The van der Waals surface area contributed by atoms with Crippen molar-refractivity contribution in [2.24, 2.45) is 0 Å². The van der Waals surface area contributed by atoms with Gasteiger partial charge in [0.25, 0.3) is 5.91 Å². The van der Waals surface area contributed by atoms with Gasteiger partial charge in [-0.25, -0.2) is 0 Å². The van der Waals surface area contributed by atoms with Gasteiger partial charge in [-0.05, 0) is 12.5 Å². The van der Waals surface area contributed by atoms with Gasteiger partial charge in [-0.3, -0.25) is 9.59 Å². The van der Waals surface area contributed by atoms with E-state index in [9.17, 15) is 9.59 Å². The second kappa shape index (κ2) is 5.55. The van der Waals surface area contributed by atoms with Crippen LogP contribution in [0.1, 0.15) is 30.3 Å². The maximum absolute atomic E-state index is 11.6. The minimum atomic E-state index is -0.934. The molecule has 0 aliphatic heterocycles. The number of amides is 1. The number of aliphatic carboxylic acids is 1. The van der Waals surface area contributed by atoms with Crippen molar-refractivity contribution in [3.05, 3.63) is 23.0 Å². The van der Waals surface area contributed by atoms with Crippen molar-refractivity contribution in [2.75, 3.05) is 0 Å². The molecule has 0 aliphatic rings. The molecule has 0 saturated carbocycles. The van der Waals surface area contributed by atoms with Crippen LogP contribution >= 0.6 is 11.6 Å². The highest BCUT2D eigenvalue weighted by atomic mass is 35.5. The van der Waals surface area contributed by atoms with Crippen molar-refractivity contribution in [3.8, 4) is 0 Å². The van der Waals surface area contributed by atoms with Gasteiger partial charge >= 0.3 is 5.97 Å². The van der Waals surface area contributed by atoms with Crippen LogP contribution in [0.4, 0.5) is 0 Å². The summed E-state index contributed by atoms with van der Waals surface area (Å²) < 4.78 is 0. The Kier molecular flexibility index (Phi) is 4.37. The Labute approximate surface area is 97.8 Å². The molecule has 88 valence electrons. The van der Waals surface area contributed by atoms with Gasteiger partial charge in [0.2, 0.25) is 0 Å². The first-order valence-electron chi connectivity index (χ1n) is 4.89. The van der Waals surface area contributed by atoms with E-state index in [2.05, 4.69) is 10.3 Å². The summed E-state index contributed by atoms with van der Waals surface area (Å²) in [6.07, 6.45) is 1.97. The Balaban J connectivity index is 2.58. The van der Waals surface area contributed by atoms with E-state index in [-0.39, 0.29) is 18.4 Å². The predicted molar refractivity (Wildman–Crippen MR) is 59.6 cm³/mol. The third-order valence-electron chi connectivity index (χ3n) is 2.14. The highest BCUT2D eigenvalue weighted by molar-refractivity contribution is 6.30. The maximum atomic E-state index is 11.6. The fourth-order valence-corrected chi connectivity index (χ4v) is 1.43. The van der Waals surface area contributed by atoms with Crippen LogP contribution in [-0.2, 0) is 4.79 Å². The first kappa shape index (κ1) is 12.6. The number of hydrogen-bond donors (Lipinski definition) is 3. The summed E-state index contributed by atoms with van der Waals surface area (Å²) in [7, 11) is 0. The highest BCUT2D eigenvalue weighted by Crippen LogP contribution is 2.10. The van der Waals surface area contributed by atoms with Gasteiger partial charge in [0, 0.05) is 12.2 Å². The monoisotopic (exact) mass is 244 g/mol. The van der Waals surface area contributed by atoms with Gasteiger partial charge < -0.3 is 15.4 Å². The molecule has 1 heterocycles. The number of carboxylic acid groups (broad SMARTS) is 1. The van der Waals surface area contributed by atoms with Gasteiger partial charge in [0.15, 0.2) is 0 Å². The minimum Gasteiger partial charge on any atom is -0.481 e. The molecule has 5 nitrogen and oxygen atoms in total. The van der Waals surface area contributed by atoms with Crippen molar-refractivity contribution in [1.29, 1.82) is 0 Å². The number of aromatic nitrogens is 1. The van der Waals surface area contributed by atoms with Crippen LogP contribution in [-0.4, -0.2) is 28.0 Å². The van der Waals surface area contributed by atoms with Crippen LogP contribution in [0.5, 0.6) is 0 Å². The lowest BCUT2D eigenvalue weighted by atomic mass is 10.1. The van der Waals surface area contributed by atoms with Gasteiger partial charge in [-0.1, -0.05) is 18.5 Å². The van der Waals surface area contributed by atoms with E-state index < -0.39 is 5.97 Å². The number of H-pyrrole nitrogens is 1. The van der Waals surface area contributed by atoms with E-state index in [1.165, 1.54) is 12.3 Å². The molecule has 3 N–H and O–H groups in total. The van der Waals surface area contributed by atoms with Crippen molar-refractivity contribution >= 4 is 23.5 Å². The smallest absolute Gasteiger partial charge is 0.305 e. The maximum Gasteiger partial charge on any atom is 0.305 e. The normalized spacial score (nSPS) is 12.1. The second-order valence-electron chi connectivity index (χ2n) is 3.41. The summed E-state index contributed by atoms with van der Waals surface area (Å²) in [5, 5.41) is 11.7. The Morgan fingerprint density at radius 2 is 2.31 bits per heavy atom. The lowest BCUT2D eigenvalue weighted by Crippen LogP contribution is -2.36. The van der Waals surface area contributed by atoms with Crippen LogP contribution < -0.4 is 5.32 Å². The zero-order valence-electron chi connectivity index (χ0n) is 8.79. The Bertz CT molecular complexity index is 389. The largest absolute Gasteiger partial charge is 0.481 e. The molecular weight excluding hydrogens is 232 g/mol. The third kappa shape index (κ3) is 3.58. The molecule has 1 aromatic rings. The Morgan fingerprint density at radius 1 is 1.62 bits per heavy atom. The highest BCUT2D eigenvalue weighted by Gasteiger charge is 2.15.